The van der Waals surface area contributed by atoms with E-state index in [2.05, 4.69) is 10.2 Å². The van der Waals surface area contributed by atoms with E-state index in [0.29, 0.717) is 5.56 Å². The maximum Gasteiger partial charge on any atom is 0.416 e. The van der Waals surface area contributed by atoms with Crippen molar-refractivity contribution in [3.05, 3.63) is 71.3 Å². The summed E-state index contributed by atoms with van der Waals surface area (Å²) in [4.78, 5) is 20.3. The maximum absolute atomic E-state index is 13.5. The number of carboxylic acids is 2. The lowest BCUT2D eigenvalue weighted by atomic mass is 9.92. The normalized spacial score (nSPS) is 15.7. The number of nitrogens with zero attached hydrogens (tertiary/aromatic N) is 1. The zero-order valence-corrected chi connectivity index (χ0v) is 15.4. The van der Waals surface area contributed by atoms with E-state index in [-0.39, 0.29) is 6.04 Å². The maximum atomic E-state index is 13.5. The Morgan fingerprint density at radius 1 is 0.897 bits per heavy atom. The number of carboxylic acid groups (broad SMARTS) is 2. The first kappa shape index (κ1) is 22.4. The molecule has 1 heterocycles. The summed E-state index contributed by atoms with van der Waals surface area (Å²) in [6.07, 6.45) is -4.35. The molecule has 0 aliphatic carbocycles. The van der Waals surface area contributed by atoms with E-state index in [9.17, 15) is 13.2 Å². The number of hydrogen-bond acceptors (Lipinski definition) is 4. The van der Waals surface area contributed by atoms with Crippen LogP contribution in [-0.4, -0.2) is 53.2 Å². The molecule has 1 fully saturated rings. The van der Waals surface area contributed by atoms with E-state index >= 15 is 0 Å². The fourth-order valence-corrected chi connectivity index (χ4v) is 3.16. The second-order valence-corrected chi connectivity index (χ2v) is 6.29. The molecule has 3 rings (SSSR count). The molecule has 0 saturated carbocycles. The highest BCUT2D eigenvalue weighted by molar-refractivity contribution is 6.27. The average Bonchev–Trinajstić information content (AvgIpc) is 2.70. The summed E-state index contributed by atoms with van der Waals surface area (Å²) in [5.41, 5.74) is 0.673. The zero-order chi connectivity index (χ0) is 21.4. The van der Waals surface area contributed by atoms with Crippen LogP contribution in [0.1, 0.15) is 22.7 Å². The molecule has 3 N–H and O–H groups in total. The molecule has 156 valence electrons. The van der Waals surface area contributed by atoms with Crippen LogP contribution >= 0.6 is 0 Å². The number of nitrogens with one attached hydrogen (secondary N) is 1. The molecule has 0 amide bonds. The van der Waals surface area contributed by atoms with E-state index in [4.69, 9.17) is 19.8 Å². The van der Waals surface area contributed by atoms with Crippen LogP contribution in [0.5, 0.6) is 0 Å². The molecule has 0 radical (unpaired) electrons. The third kappa shape index (κ3) is 6.30. The first-order valence-electron chi connectivity index (χ1n) is 8.84. The van der Waals surface area contributed by atoms with Crippen LogP contribution in [0.2, 0.25) is 0 Å². The molecule has 29 heavy (non-hydrogen) atoms. The first-order valence-corrected chi connectivity index (χ1v) is 8.84. The molecule has 1 atom stereocenters. The van der Waals surface area contributed by atoms with E-state index < -0.39 is 23.7 Å². The Balaban J connectivity index is 0.000000438. The predicted octanol–water partition coefficient (Wildman–Crippen LogP) is 2.86. The van der Waals surface area contributed by atoms with Crippen molar-refractivity contribution in [1.82, 2.24) is 10.2 Å². The molecule has 6 nitrogen and oxygen atoms in total. The number of alkyl halides is 3. The van der Waals surface area contributed by atoms with Crippen LogP contribution in [0.25, 0.3) is 0 Å². The Labute approximate surface area is 165 Å². The molecule has 0 spiro atoms. The zero-order valence-electron chi connectivity index (χ0n) is 15.4. The molecular weight excluding hydrogens is 389 g/mol. The van der Waals surface area contributed by atoms with Gasteiger partial charge in [-0.1, -0.05) is 48.5 Å². The summed E-state index contributed by atoms with van der Waals surface area (Å²) in [6, 6.07) is 15.0. The predicted molar refractivity (Wildman–Crippen MR) is 99.4 cm³/mol. The molecule has 0 bridgehead atoms. The minimum Gasteiger partial charge on any atom is -0.473 e. The van der Waals surface area contributed by atoms with Gasteiger partial charge < -0.3 is 15.5 Å². The number of rotatable bonds is 3. The molecule has 1 unspecified atom stereocenters. The molecule has 1 aliphatic heterocycles. The largest absolute Gasteiger partial charge is 0.473 e. The van der Waals surface area contributed by atoms with Crippen molar-refractivity contribution >= 4 is 11.9 Å². The highest BCUT2D eigenvalue weighted by Gasteiger charge is 2.37. The molecule has 1 saturated heterocycles. The van der Waals surface area contributed by atoms with E-state index in [0.717, 1.165) is 31.7 Å². The van der Waals surface area contributed by atoms with E-state index in [1.807, 2.05) is 30.3 Å². The van der Waals surface area contributed by atoms with Crippen molar-refractivity contribution in [2.45, 2.75) is 12.2 Å². The fourth-order valence-electron chi connectivity index (χ4n) is 3.16. The van der Waals surface area contributed by atoms with Crippen molar-refractivity contribution in [1.29, 1.82) is 0 Å². The fraction of sp³-hybridized carbons (Fsp3) is 0.300. The highest BCUT2D eigenvalue weighted by atomic mass is 19.4. The topological polar surface area (TPSA) is 89.9 Å². The highest BCUT2D eigenvalue weighted by Crippen LogP contribution is 2.38. The Kier molecular flexibility index (Phi) is 7.74. The van der Waals surface area contributed by atoms with Gasteiger partial charge in [0, 0.05) is 26.2 Å². The summed E-state index contributed by atoms with van der Waals surface area (Å²) in [5.74, 6) is -3.65. The van der Waals surface area contributed by atoms with Crippen LogP contribution in [-0.2, 0) is 15.8 Å². The Hall–Kier alpha value is -2.91. The minimum absolute atomic E-state index is 0.327. The second kappa shape index (κ2) is 10.0. The summed E-state index contributed by atoms with van der Waals surface area (Å²) in [7, 11) is 0. The number of aliphatic carboxylic acids is 2. The Morgan fingerprint density at radius 2 is 1.41 bits per heavy atom. The summed E-state index contributed by atoms with van der Waals surface area (Å²) < 4.78 is 40.4. The minimum atomic E-state index is -4.35. The van der Waals surface area contributed by atoms with Crippen molar-refractivity contribution in [3.63, 3.8) is 0 Å². The van der Waals surface area contributed by atoms with Crippen molar-refractivity contribution in [2.75, 3.05) is 26.2 Å². The van der Waals surface area contributed by atoms with Crippen molar-refractivity contribution < 1.29 is 33.0 Å². The Bertz CT molecular complexity index is 810. The number of benzene rings is 2. The van der Waals surface area contributed by atoms with Crippen LogP contribution < -0.4 is 5.32 Å². The van der Waals surface area contributed by atoms with Gasteiger partial charge in [-0.3, -0.25) is 4.90 Å². The number of hydrogen-bond donors (Lipinski definition) is 3. The molecule has 1 aliphatic rings. The number of piperazine rings is 1. The Morgan fingerprint density at radius 3 is 1.93 bits per heavy atom. The first-order chi connectivity index (χ1) is 13.7. The quantitative estimate of drug-likeness (QED) is 0.675. The lowest BCUT2D eigenvalue weighted by Crippen LogP contribution is -2.45. The molecule has 2 aromatic rings. The van der Waals surface area contributed by atoms with Gasteiger partial charge in [0.25, 0.3) is 0 Å². The lowest BCUT2D eigenvalue weighted by Gasteiger charge is -2.36. The summed E-state index contributed by atoms with van der Waals surface area (Å²) in [6.45, 7) is 3.03. The van der Waals surface area contributed by atoms with Gasteiger partial charge in [0.05, 0.1) is 11.6 Å². The van der Waals surface area contributed by atoms with Crippen LogP contribution in [0, 0.1) is 0 Å². The third-order valence-corrected chi connectivity index (χ3v) is 4.38. The van der Waals surface area contributed by atoms with Gasteiger partial charge in [-0.2, -0.15) is 13.2 Å². The smallest absolute Gasteiger partial charge is 0.416 e. The van der Waals surface area contributed by atoms with Crippen molar-refractivity contribution in [2.24, 2.45) is 0 Å². The van der Waals surface area contributed by atoms with Crippen LogP contribution in [0.3, 0.4) is 0 Å². The van der Waals surface area contributed by atoms with E-state index in [1.165, 1.54) is 12.1 Å². The van der Waals surface area contributed by atoms with Crippen molar-refractivity contribution in [3.8, 4) is 0 Å². The molecule has 0 aromatic heterocycles. The SMILES string of the molecule is FC(F)(F)c1ccccc1C(c1ccccc1)N1CCNCC1.O=C(O)C(=O)O. The van der Waals surface area contributed by atoms with Gasteiger partial charge in [0.1, 0.15) is 0 Å². The molecule has 9 heteroatoms. The molecular formula is C20H21F3N2O4. The summed E-state index contributed by atoms with van der Waals surface area (Å²) >= 11 is 0. The van der Waals surface area contributed by atoms with Gasteiger partial charge in [0.2, 0.25) is 0 Å². The molecule has 2 aromatic carbocycles. The van der Waals surface area contributed by atoms with Gasteiger partial charge >= 0.3 is 18.1 Å². The average molecular weight is 410 g/mol. The van der Waals surface area contributed by atoms with Gasteiger partial charge in [-0.15, -0.1) is 0 Å². The van der Waals surface area contributed by atoms with Gasteiger partial charge in [0.15, 0.2) is 0 Å². The second-order valence-electron chi connectivity index (χ2n) is 6.29. The van der Waals surface area contributed by atoms with Crippen LogP contribution in [0.4, 0.5) is 13.2 Å². The standard InChI is InChI=1S/C18H19F3N2.C2H2O4/c19-18(20,21)16-9-5-4-8-15(16)17(14-6-2-1-3-7-14)23-12-10-22-11-13-23;3-1(4)2(5)6/h1-9,17,22H,10-13H2;(H,3,4)(H,5,6). The van der Waals surface area contributed by atoms with Crippen LogP contribution in [0.15, 0.2) is 54.6 Å². The lowest BCUT2D eigenvalue weighted by molar-refractivity contribution is -0.159. The monoisotopic (exact) mass is 410 g/mol. The number of carbonyl (C=O) groups is 2. The third-order valence-electron chi connectivity index (χ3n) is 4.38. The van der Waals surface area contributed by atoms with Gasteiger partial charge in [-0.25, -0.2) is 9.59 Å². The summed E-state index contributed by atoms with van der Waals surface area (Å²) in [5, 5.41) is 18.0. The van der Waals surface area contributed by atoms with E-state index in [1.54, 1.807) is 12.1 Å². The van der Waals surface area contributed by atoms with Gasteiger partial charge in [-0.05, 0) is 17.2 Å². The number of halogens is 3.